The van der Waals surface area contributed by atoms with Crippen molar-refractivity contribution in [3.8, 4) is 16.5 Å². The summed E-state index contributed by atoms with van der Waals surface area (Å²) in [7, 11) is 0. The van der Waals surface area contributed by atoms with Crippen molar-refractivity contribution in [3.05, 3.63) is 28.4 Å². The summed E-state index contributed by atoms with van der Waals surface area (Å²) in [5, 5.41) is 9.43. The number of nitrogens with zero attached hydrogens (tertiary/aromatic N) is 1. The molecular formula is C8H6N2OS2. The van der Waals surface area contributed by atoms with Gasteiger partial charge in [0.05, 0.1) is 5.69 Å². The Morgan fingerprint density at radius 3 is 2.85 bits per heavy atom. The van der Waals surface area contributed by atoms with Crippen LogP contribution in [-0.2, 0) is 0 Å². The van der Waals surface area contributed by atoms with E-state index in [1.807, 2.05) is 18.2 Å². The van der Waals surface area contributed by atoms with Gasteiger partial charge in [0, 0.05) is 6.20 Å². The van der Waals surface area contributed by atoms with E-state index in [1.165, 1.54) is 11.3 Å². The van der Waals surface area contributed by atoms with E-state index in [2.05, 4.69) is 9.97 Å². The average Bonchev–Trinajstić information content (AvgIpc) is 2.47. The van der Waals surface area contributed by atoms with Crippen molar-refractivity contribution in [3.63, 3.8) is 0 Å². The standard InChI is InChI=1S/C8H6N2OS2/c11-7-6(13-8(12)10-7)5-3-1-2-4-9-5/h1-4,11H,(H,10,12). The molecule has 0 amide bonds. The minimum absolute atomic E-state index is 0.0914. The summed E-state index contributed by atoms with van der Waals surface area (Å²) in [5.41, 5.74) is 0.734. The summed E-state index contributed by atoms with van der Waals surface area (Å²) in [6.07, 6.45) is 1.68. The molecule has 0 saturated heterocycles. The topological polar surface area (TPSA) is 48.9 Å². The molecule has 2 aromatic heterocycles. The molecular weight excluding hydrogens is 204 g/mol. The molecule has 0 bridgehead atoms. The molecule has 2 heterocycles. The largest absolute Gasteiger partial charge is 0.493 e. The number of aromatic hydroxyl groups is 1. The number of pyridine rings is 1. The van der Waals surface area contributed by atoms with E-state index in [-0.39, 0.29) is 5.88 Å². The Kier molecular flexibility index (Phi) is 2.12. The first kappa shape index (κ1) is 8.40. The van der Waals surface area contributed by atoms with Crippen LogP contribution in [0.3, 0.4) is 0 Å². The predicted molar refractivity (Wildman–Crippen MR) is 54.4 cm³/mol. The number of hydrogen-bond acceptors (Lipinski definition) is 4. The highest BCUT2D eigenvalue weighted by Crippen LogP contribution is 2.31. The smallest absolute Gasteiger partial charge is 0.210 e. The van der Waals surface area contributed by atoms with Gasteiger partial charge >= 0.3 is 0 Å². The van der Waals surface area contributed by atoms with Gasteiger partial charge in [-0.05, 0) is 24.4 Å². The number of rotatable bonds is 1. The van der Waals surface area contributed by atoms with Gasteiger partial charge in [0.25, 0.3) is 0 Å². The minimum Gasteiger partial charge on any atom is -0.493 e. The summed E-state index contributed by atoms with van der Waals surface area (Å²) in [4.78, 5) is 7.45. The molecule has 0 aromatic carbocycles. The van der Waals surface area contributed by atoms with Crippen molar-refractivity contribution in [1.82, 2.24) is 9.97 Å². The Hall–Kier alpha value is -1.20. The van der Waals surface area contributed by atoms with E-state index in [4.69, 9.17) is 12.2 Å². The predicted octanol–water partition coefficient (Wildman–Crippen LogP) is 2.57. The van der Waals surface area contributed by atoms with Crippen LogP contribution in [0.15, 0.2) is 24.4 Å². The minimum atomic E-state index is 0.0914. The zero-order chi connectivity index (χ0) is 9.26. The second kappa shape index (κ2) is 3.27. The van der Waals surface area contributed by atoms with Crippen molar-refractivity contribution >= 4 is 23.6 Å². The molecule has 0 radical (unpaired) electrons. The maximum Gasteiger partial charge on any atom is 0.210 e. The summed E-state index contributed by atoms with van der Waals surface area (Å²) < 4.78 is 0.554. The van der Waals surface area contributed by atoms with Crippen LogP contribution in [0.4, 0.5) is 0 Å². The Morgan fingerprint density at radius 1 is 1.46 bits per heavy atom. The number of aromatic nitrogens is 2. The molecule has 0 fully saturated rings. The normalized spacial score (nSPS) is 10.2. The highest BCUT2D eigenvalue weighted by molar-refractivity contribution is 7.73. The Labute approximate surface area is 83.7 Å². The second-order valence-corrected chi connectivity index (χ2v) is 4.09. The fourth-order valence-corrected chi connectivity index (χ4v) is 2.04. The molecule has 2 aromatic rings. The fraction of sp³-hybridized carbons (Fsp3) is 0. The Bertz CT molecular complexity index is 460. The molecule has 66 valence electrons. The van der Waals surface area contributed by atoms with Gasteiger partial charge < -0.3 is 10.1 Å². The summed E-state index contributed by atoms with van der Waals surface area (Å²) in [5.74, 6) is 0.0914. The van der Waals surface area contributed by atoms with Gasteiger partial charge in [-0.1, -0.05) is 17.4 Å². The van der Waals surface area contributed by atoms with Crippen LogP contribution in [0.25, 0.3) is 10.6 Å². The first-order valence-electron chi connectivity index (χ1n) is 3.61. The first-order chi connectivity index (χ1) is 6.27. The van der Waals surface area contributed by atoms with Crippen molar-refractivity contribution in [2.45, 2.75) is 0 Å². The fourth-order valence-electron chi connectivity index (χ4n) is 0.991. The number of nitrogens with one attached hydrogen (secondary N) is 1. The van der Waals surface area contributed by atoms with Crippen molar-refractivity contribution < 1.29 is 5.11 Å². The first-order valence-corrected chi connectivity index (χ1v) is 4.83. The zero-order valence-corrected chi connectivity index (χ0v) is 8.15. The van der Waals surface area contributed by atoms with E-state index in [0.29, 0.717) is 8.83 Å². The van der Waals surface area contributed by atoms with Gasteiger partial charge in [-0.3, -0.25) is 4.98 Å². The van der Waals surface area contributed by atoms with Crippen LogP contribution in [0, 0.1) is 3.95 Å². The lowest BCUT2D eigenvalue weighted by molar-refractivity contribution is 0.458. The van der Waals surface area contributed by atoms with Crippen molar-refractivity contribution in [2.75, 3.05) is 0 Å². The molecule has 13 heavy (non-hydrogen) atoms. The Morgan fingerprint density at radius 2 is 2.31 bits per heavy atom. The van der Waals surface area contributed by atoms with Gasteiger partial charge in [0.2, 0.25) is 5.88 Å². The lowest BCUT2D eigenvalue weighted by atomic mass is 10.3. The molecule has 0 spiro atoms. The van der Waals surface area contributed by atoms with E-state index in [0.717, 1.165) is 5.69 Å². The summed E-state index contributed by atoms with van der Waals surface area (Å²) >= 11 is 6.21. The van der Waals surface area contributed by atoms with Crippen LogP contribution < -0.4 is 0 Å². The molecule has 3 nitrogen and oxygen atoms in total. The molecule has 2 N–H and O–H groups in total. The van der Waals surface area contributed by atoms with Crippen LogP contribution in [0.1, 0.15) is 0 Å². The van der Waals surface area contributed by atoms with Gasteiger partial charge in [-0.25, -0.2) is 0 Å². The molecule has 0 aliphatic heterocycles. The Balaban J connectivity index is 2.59. The third-order valence-electron chi connectivity index (χ3n) is 1.53. The van der Waals surface area contributed by atoms with Crippen LogP contribution in [0.2, 0.25) is 0 Å². The monoisotopic (exact) mass is 210 g/mol. The molecule has 0 aliphatic rings. The van der Waals surface area contributed by atoms with Crippen molar-refractivity contribution in [2.24, 2.45) is 0 Å². The molecule has 0 unspecified atom stereocenters. The summed E-state index contributed by atoms with van der Waals surface area (Å²) in [6.45, 7) is 0. The molecule has 0 atom stereocenters. The van der Waals surface area contributed by atoms with E-state index in [9.17, 15) is 5.11 Å². The van der Waals surface area contributed by atoms with Gasteiger partial charge in [-0.2, -0.15) is 0 Å². The third-order valence-corrected chi connectivity index (χ3v) is 2.77. The lowest BCUT2D eigenvalue weighted by Crippen LogP contribution is -1.77. The van der Waals surface area contributed by atoms with Crippen LogP contribution >= 0.6 is 23.6 Å². The maximum atomic E-state index is 9.43. The van der Waals surface area contributed by atoms with E-state index >= 15 is 0 Å². The van der Waals surface area contributed by atoms with Crippen molar-refractivity contribution in [1.29, 1.82) is 0 Å². The van der Waals surface area contributed by atoms with Gasteiger partial charge in [0.15, 0.2) is 3.95 Å². The zero-order valence-electron chi connectivity index (χ0n) is 6.52. The van der Waals surface area contributed by atoms with Gasteiger partial charge in [-0.15, -0.1) is 0 Å². The van der Waals surface area contributed by atoms with Crippen LogP contribution in [-0.4, -0.2) is 15.1 Å². The summed E-state index contributed by atoms with van der Waals surface area (Å²) in [6, 6.07) is 5.52. The molecule has 0 aliphatic carbocycles. The maximum absolute atomic E-state index is 9.43. The van der Waals surface area contributed by atoms with E-state index < -0.39 is 0 Å². The highest BCUT2D eigenvalue weighted by Gasteiger charge is 2.07. The molecule has 2 rings (SSSR count). The quantitative estimate of drug-likeness (QED) is 0.711. The average molecular weight is 210 g/mol. The number of aromatic amines is 1. The lowest BCUT2D eigenvalue weighted by Gasteiger charge is -1.94. The van der Waals surface area contributed by atoms with E-state index in [1.54, 1.807) is 6.20 Å². The SMILES string of the molecule is Oc1[nH]c(=S)sc1-c1ccccn1. The highest BCUT2D eigenvalue weighted by atomic mass is 32.1. The second-order valence-electron chi connectivity index (χ2n) is 2.41. The number of hydrogen-bond donors (Lipinski definition) is 2. The molecule has 5 heteroatoms. The third kappa shape index (κ3) is 1.61. The number of H-pyrrole nitrogens is 1. The number of thiazole rings is 1. The molecule has 0 saturated carbocycles. The van der Waals surface area contributed by atoms with Crippen LogP contribution in [0.5, 0.6) is 5.88 Å². The van der Waals surface area contributed by atoms with Gasteiger partial charge in [0.1, 0.15) is 4.88 Å².